The summed E-state index contributed by atoms with van der Waals surface area (Å²) < 4.78 is 16.4. The summed E-state index contributed by atoms with van der Waals surface area (Å²) in [7, 11) is 2.00. The highest BCUT2D eigenvalue weighted by Gasteiger charge is 2.27. The molecule has 1 saturated carbocycles. The lowest BCUT2D eigenvalue weighted by atomic mass is 9.84. The fraction of sp³-hybridized carbons (Fsp3) is 0.387. The molecule has 6 nitrogen and oxygen atoms in total. The Morgan fingerprint density at radius 1 is 1.05 bits per heavy atom. The predicted molar refractivity (Wildman–Crippen MR) is 147 cm³/mol. The molecule has 0 radical (unpaired) electrons. The van der Waals surface area contributed by atoms with E-state index >= 15 is 0 Å². The highest BCUT2D eigenvalue weighted by atomic mass is 19.1. The molecule has 7 heteroatoms. The summed E-state index contributed by atoms with van der Waals surface area (Å²) in [5.74, 6) is 1.18. The molecular weight excluding hydrogens is 477 g/mol. The van der Waals surface area contributed by atoms with Crippen LogP contribution in [0.4, 0.5) is 4.39 Å². The summed E-state index contributed by atoms with van der Waals surface area (Å²) in [6.07, 6.45) is 8.19. The van der Waals surface area contributed by atoms with Crippen molar-refractivity contribution in [1.29, 1.82) is 0 Å². The normalized spacial score (nSPS) is 19.8. The Bertz CT molecular complexity index is 1450. The molecule has 4 aromatic rings. The quantitative estimate of drug-likeness (QED) is 0.371. The first-order valence-electron chi connectivity index (χ1n) is 13.7. The van der Waals surface area contributed by atoms with Crippen LogP contribution < -0.4 is 5.32 Å². The molecule has 0 unspecified atom stereocenters. The number of amides is 1. The molecule has 0 bridgehead atoms. The average Bonchev–Trinajstić information content (AvgIpc) is 3.27. The van der Waals surface area contributed by atoms with Crippen molar-refractivity contribution in [1.82, 2.24) is 24.8 Å². The van der Waals surface area contributed by atoms with E-state index in [1.54, 1.807) is 18.3 Å². The van der Waals surface area contributed by atoms with E-state index in [0.29, 0.717) is 17.0 Å². The van der Waals surface area contributed by atoms with Crippen molar-refractivity contribution in [3.05, 3.63) is 83.6 Å². The van der Waals surface area contributed by atoms with Gasteiger partial charge >= 0.3 is 0 Å². The van der Waals surface area contributed by atoms with Crippen LogP contribution in [0.1, 0.15) is 53.8 Å². The third kappa shape index (κ3) is 4.95. The summed E-state index contributed by atoms with van der Waals surface area (Å²) in [4.78, 5) is 24.7. The van der Waals surface area contributed by atoms with Gasteiger partial charge in [-0.25, -0.2) is 9.37 Å². The Labute approximate surface area is 222 Å². The summed E-state index contributed by atoms with van der Waals surface area (Å²) in [5, 5.41) is 4.18. The van der Waals surface area contributed by atoms with E-state index in [2.05, 4.69) is 19.8 Å². The van der Waals surface area contributed by atoms with Gasteiger partial charge in [-0.2, -0.15) is 0 Å². The van der Waals surface area contributed by atoms with Crippen molar-refractivity contribution in [3.8, 4) is 11.4 Å². The lowest BCUT2D eigenvalue weighted by molar-refractivity contribution is 0.0921. The number of nitrogens with one attached hydrogen (secondary N) is 1. The van der Waals surface area contributed by atoms with Crippen molar-refractivity contribution in [2.75, 3.05) is 13.1 Å². The molecule has 6 rings (SSSR count). The zero-order valence-corrected chi connectivity index (χ0v) is 21.9. The summed E-state index contributed by atoms with van der Waals surface area (Å²) in [5.41, 5.74) is 4.42. The molecule has 0 atom stereocenters. The van der Waals surface area contributed by atoms with E-state index in [-0.39, 0.29) is 17.8 Å². The molecule has 1 N–H and O–H groups in total. The lowest BCUT2D eigenvalue weighted by Gasteiger charge is -2.32. The maximum absolute atomic E-state index is 14.4. The highest BCUT2D eigenvalue weighted by Crippen LogP contribution is 2.30. The average molecular weight is 512 g/mol. The van der Waals surface area contributed by atoms with Crippen LogP contribution in [-0.4, -0.2) is 44.5 Å². The predicted octanol–water partition coefficient (Wildman–Crippen LogP) is 5.51. The van der Waals surface area contributed by atoms with Gasteiger partial charge in [0.1, 0.15) is 11.6 Å². The van der Waals surface area contributed by atoms with Crippen molar-refractivity contribution in [3.63, 3.8) is 0 Å². The number of halogens is 1. The zero-order chi connectivity index (χ0) is 26.1. The second-order valence-electron chi connectivity index (χ2n) is 10.7. The number of hydrogen-bond donors (Lipinski definition) is 1. The van der Waals surface area contributed by atoms with Crippen LogP contribution in [0.5, 0.6) is 0 Å². The first-order chi connectivity index (χ1) is 18.6. The standard InChI is InChI=1S/C31H34FN5O/c1-36-29-16-19-37(20-28(29)35-30(36)25-6-2-3-9-26(25)32)18-15-21-11-13-22(14-12-21)34-31(38)24-7-4-10-27-23(24)8-5-17-33-27/h2-10,17,21-22H,11-16,18-20H2,1H3,(H,34,38)/t21-,22-. The van der Waals surface area contributed by atoms with E-state index in [1.807, 2.05) is 43.4 Å². The smallest absolute Gasteiger partial charge is 0.252 e. The number of carbonyl (C=O) groups excluding carboxylic acids is 1. The molecule has 2 aliphatic rings. The van der Waals surface area contributed by atoms with Gasteiger partial charge in [0.05, 0.1) is 16.8 Å². The second kappa shape index (κ2) is 10.7. The third-order valence-electron chi connectivity index (χ3n) is 8.38. The highest BCUT2D eigenvalue weighted by molar-refractivity contribution is 6.06. The van der Waals surface area contributed by atoms with Crippen LogP contribution in [0.3, 0.4) is 0 Å². The number of imidazole rings is 1. The van der Waals surface area contributed by atoms with Crippen molar-refractivity contribution in [2.24, 2.45) is 13.0 Å². The number of aromatic nitrogens is 3. The zero-order valence-electron chi connectivity index (χ0n) is 21.9. The van der Waals surface area contributed by atoms with Crippen LogP contribution in [0.15, 0.2) is 60.8 Å². The van der Waals surface area contributed by atoms with Gasteiger partial charge in [0.15, 0.2) is 0 Å². The van der Waals surface area contributed by atoms with Crippen molar-refractivity contribution < 1.29 is 9.18 Å². The van der Waals surface area contributed by atoms with Gasteiger partial charge in [0.25, 0.3) is 5.91 Å². The Morgan fingerprint density at radius 2 is 1.89 bits per heavy atom. The van der Waals surface area contributed by atoms with E-state index < -0.39 is 0 Å². The van der Waals surface area contributed by atoms with Gasteiger partial charge < -0.3 is 9.88 Å². The molecule has 38 heavy (non-hydrogen) atoms. The number of nitrogens with zero attached hydrogens (tertiary/aromatic N) is 4. The van der Waals surface area contributed by atoms with Gasteiger partial charge in [-0.3, -0.25) is 14.7 Å². The Morgan fingerprint density at radius 3 is 2.74 bits per heavy atom. The van der Waals surface area contributed by atoms with Gasteiger partial charge in [0, 0.05) is 55.4 Å². The van der Waals surface area contributed by atoms with Crippen LogP contribution in [0.2, 0.25) is 0 Å². The molecule has 1 aliphatic carbocycles. The minimum absolute atomic E-state index is 0.00119. The van der Waals surface area contributed by atoms with Crippen molar-refractivity contribution >= 4 is 16.8 Å². The number of fused-ring (bicyclic) bond motifs is 2. The van der Waals surface area contributed by atoms with E-state index in [9.17, 15) is 9.18 Å². The fourth-order valence-electron chi connectivity index (χ4n) is 6.18. The van der Waals surface area contributed by atoms with Gasteiger partial charge in [-0.15, -0.1) is 0 Å². The largest absolute Gasteiger partial charge is 0.349 e. The van der Waals surface area contributed by atoms with Crippen LogP contribution in [0, 0.1) is 11.7 Å². The molecule has 0 saturated heterocycles. The maximum Gasteiger partial charge on any atom is 0.252 e. The SMILES string of the molecule is Cn1c(-c2ccccc2F)nc2c1CCN(CC[C@H]1CC[C@H](NC(=O)c3cccc4ncccc34)CC1)C2. The lowest BCUT2D eigenvalue weighted by Crippen LogP contribution is -2.38. The monoisotopic (exact) mass is 511 g/mol. The molecule has 1 aliphatic heterocycles. The molecule has 2 aromatic heterocycles. The summed E-state index contributed by atoms with van der Waals surface area (Å²) in [6.45, 7) is 2.88. The number of hydrogen-bond acceptors (Lipinski definition) is 4. The second-order valence-corrected chi connectivity index (χ2v) is 10.7. The molecule has 2 aromatic carbocycles. The van der Waals surface area contributed by atoms with E-state index in [4.69, 9.17) is 4.98 Å². The first-order valence-corrected chi connectivity index (χ1v) is 13.7. The number of benzene rings is 2. The molecule has 1 fully saturated rings. The third-order valence-corrected chi connectivity index (χ3v) is 8.38. The number of carbonyl (C=O) groups is 1. The van der Waals surface area contributed by atoms with E-state index in [1.165, 1.54) is 11.8 Å². The summed E-state index contributed by atoms with van der Waals surface area (Å²) >= 11 is 0. The maximum atomic E-state index is 14.4. The Balaban J connectivity index is 1.00. The number of pyridine rings is 1. The Hall–Kier alpha value is -3.58. The van der Waals surface area contributed by atoms with E-state index in [0.717, 1.165) is 80.6 Å². The minimum Gasteiger partial charge on any atom is -0.349 e. The molecule has 1 amide bonds. The fourth-order valence-corrected chi connectivity index (χ4v) is 6.18. The molecular formula is C31H34FN5O. The van der Waals surface area contributed by atoms with Crippen LogP contribution in [-0.2, 0) is 20.0 Å². The topological polar surface area (TPSA) is 63.1 Å². The van der Waals surface area contributed by atoms with Gasteiger partial charge in [-0.05, 0) is 74.9 Å². The van der Waals surface area contributed by atoms with Crippen molar-refractivity contribution in [2.45, 2.75) is 51.1 Å². The van der Waals surface area contributed by atoms with Gasteiger partial charge in [-0.1, -0.05) is 24.3 Å². The first kappa shape index (κ1) is 24.7. The van der Waals surface area contributed by atoms with Gasteiger partial charge in [0.2, 0.25) is 0 Å². The Kier molecular flexibility index (Phi) is 6.94. The number of rotatable bonds is 6. The van der Waals surface area contributed by atoms with Crippen LogP contribution >= 0.6 is 0 Å². The van der Waals surface area contributed by atoms with Crippen LogP contribution in [0.25, 0.3) is 22.3 Å². The minimum atomic E-state index is -0.226. The molecule has 3 heterocycles. The molecule has 0 spiro atoms. The summed E-state index contributed by atoms with van der Waals surface area (Å²) in [6, 6.07) is 16.7. The molecule has 196 valence electrons.